The van der Waals surface area contributed by atoms with E-state index >= 15 is 0 Å². The van der Waals surface area contributed by atoms with Gasteiger partial charge in [0, 0.05) is 12.1 Å². The summed E-state index contributed by atoms with van der Waals surface area (Å²) in [6, 6.07) is 10.8. The summed E-state index contributed by atoms with van der Waals surface area (Å²) >= 11 is 1.01. The molecule has 0 radical (unpaired) electrons. The lowest BCUT2D eigenvalue weighted by Gasteiger charge is -2.03. The Labute approximate surface area is 176 Å². The van der Waals surface area contributed by atoms with Crippen LogP contribution < -0.4 is 10.6 Å². The number of amides is 1. The summed E-state index contributed by atoms with van der Waals surface area (Å²) in [5, 5.41) is 11.1. The van der Waals surface area contributed by atoms with Gasteiger partial charge in [0.05, 0.1) is 27.8 Å². The van der Waals surface area contributed by atoms with Gasteiger partial charge in [-0.3, -0.25) is 24.3 Å². The number of esters is 1. The largest absolute Gasteiger partial charge is 0.468 e. The maximum atomic E-state index is 12.6. The van der Waals surface area contributed by atoms with Crippen molar-refractivity contribution in [3.05, 3.63) is 67.9 Å². The standard InChI is InChI=1S/C19H14N4O7S/c1-29-17(25)10-21-13-7-6-11(23(27)28)8-15(13)31-18(21)20-16(24)9-22-12-4-2-3-5-14(12)30-19(22)26/h2-8H,9-10H2,1H3. The van der Waals surface area contributed by atoms with Crippen molar-refractivity contribution in [3.63, 3.8) is 0 Å². The molecule has 31 heavy (non-hydrogen) atoms. The summed E-state index contributed by atoms with van der Waals surface area (Å²) in [4.78, 5) is 51.3. The van der Waals surface area contributed by atoms with E-state index in [-0.39, 0.29) is 23.6 Å². The summed E-state index contributed by atoms with van der Waals surface area (Å²) in [6.45, 7) is -0.614. The molecule has 158 valence electrons. The van der Waals surface area contributed by atoms with Crippen molar-refractivity contribution in [1.29, 1.82) is 0 Å². The fourth-order valence-electron chi connectivity index (χ4n) is 3.05. The lowest BCUT2D eigenvalue weighted by Crippen LogP contribution is -2.24. The van der Waals surface area contributed by atoms with Gasteiger partial charge in [0.25, 0.3) is 11.6 Å². The zero-order valence-electron chi connectivity index (χ0n) is 16.0. The van der Waals surface area contributed by atoms with Gasteiger partial charge in [0.15, 0.2) is 10.4 Å². The highest BCUT2D eigenvalue weighted by atomic mass is 32.1. The zero-order valence-corrected chi connectivity index (χ0v) is 16.8. The van der Waals surface area contributed by atoms with Crippen molar-refractivity contribution < 1.29 is 23.7 Å². The summed E-state index contributed by atoms with van der Waals surface area (Å²) in [5.74, 6) is -1.93. The number of non-ortho nitro benzene ring substituents is 1. The molecule has 0 saturated carbocycles. The summed E-state index contributed by atoms with van der Waals surface area (Å²) in [6.07, 6.45) is 0. The molecule has 0 aliphatic carbocycles. The van der Waals surface area contributed by atoms with Gasteiger partial charge in [-0.2, -0.15) is 4.99 Å². The molecule has 0 N–H and O–H groups in total. The van der Waals surface area contributed by atoms with Gasteiger partial charge in [0.1, 0.15) is 13.1 Å². The number of nitro benzene ring substituents is 1. The number of benzene rings is 2. The van der Waals surface area contributed by atoms with E-state index in [0.29, 0.717) is 21.3 Å². The zero-order chi connectivity index (χ0) is 22.1. The maximum absolute atomic E-state index is 12.6. The molecule has 4 rings (SSSR count). The molecule has 0 unspecified atom stereocenters. The number of rotatable bonds is 5. The van der Waals surface area contributed by atoms with Crippen molar-refractivity contribution in [3.8, 4) is 0 Å². The highest BCUT2D eigenvalue weighted by molar-refractivity contribution is 7.16. The Hall–Kier alpha value is -4.06. The minimum Gasteiger partial charge on any atom is -0.468 e. The van der Waals surface area contributed by atoms with Crippen LogP contribution in [0, 0.1) is 10.1 Å². The van der Waals surface area contributed by atoms with Crippen molar-refractivity contribution in [2.75, 3.05) is 7.11 Å². The smallest absolute Gasteiger partial charge is 0.420 e. The number of hydrogen-bond donors (Lipinski definition) is 0. The number of nitrogens with zero attached hydrogens (tertiary/aromatic N) is 4. The van der Waals surface area contributed by atoms with E-state index in [1.54, 1.807) is 24.3 Å². The minimum atomic E-state index is -0.695. The van der Waals surface area contributed by atoms with Crippen LogP contribution in [0.4, 0.5) is 5.69 Å². The van der Waals surface area contributed by atoms with Gasteiger partial charge >= 0.3 is 11.7 Å². The maximum Gasteiger partial charge on any atom is 0.420 e. The molecule has 0 bridgehead atoms. The van der Waals surface area contributed by atoms with Gasteiger partial charge in [0.2, 0.25) is 0 Å². The number of methoxy groups -OCH3 is 1. The van der Waals surface area contributed by atoms with Crippen LogP contribution in [0.1, 0.15) is 0 Å². The number of carbonyl (C=O) groups excluding carboxylic acids is 2. The first-order chi connectivity index (χ1) is 14.9. The Kier molecular flexibility index (Phi) is 5.21. The van der Waals surface area contributed by atoms with E-state index in [0.717, 1.165) is 15.9 Å². The number of nitro groups is 1. The Morgan fingerprint density at radius 3 is 2.68 bits per heavy atom. The molecular formula is C19H14N4O7S. The van der Waals surface area contributed by atoms with Gasteiger partial charge in [-0.15, -0.1) is 0 Å². The van der Waals surface area contributed by atoms with Crippen LogP contribution in [0.15, 0.2) is 56.7 Å². The Balaban J connectivity index is 1.79. The molecule has 0 spiro atoms. The van der Waals surface area contributed by atoms with E-state index in [9.17, 15) is 24.5 Å². The van der Waals surface area contributed by atoms with Gasteiger partial charge in [-0.25, -0.2) is 4.79 Å². The Bertz CT molecular complexity index is 1470. The van der Waals surface area contributed by atoms with Gasteiger partial charge in [-0.1, -0.05) is 23.5 Å². The fourth-order valence-corrected chi connectivity index (χ4v) is 4.13. The first-order valence-electron chi connectivity index (χ1n) is 8.88. The van der Waals surface area contributed by atoms with Gasteiger partial charge < -0.3 is 13.7 Å². The lowest BCUT2D eigenvalue weighted by atomic mass is 10.3. The number of hydrogen-bond acceptors (Lipinski definition) is 8. The van der Waals surface area contributed by atoms with E-state index in [2.05, 4.69) is 4.99 Å². The molecule has 0 fully saturated rings. The first kappa shape index (κ1) is 20.2. The van der Waals surface area contributed by atoms with Crippen LogP contribution in [0.25, 0.3) is 21.3 Å². The first-order valence-corrected chi connectivity index (χ1v) is 9.69. The second-order valence-corrected chi connectivity index (χ2v) is 7.39. The third-order valence-corrected chi connectivity index (χ3v) is 5.52. The highest BCUT2D eigenvalue weighted by Crippen LogP contribution is 2.23. The molecule has 0 aliphatic heterocycles. The Morgan fingerprint density at radius 1 is 1.16 bits per heavy atom. The quantitative estimate of drug-likeness (QED) is 0.261. The third-order valence-electron chi connectivity index (χ3n) is 4.48. The summed E-state index contributed by atoms with van der Waals surface area (Å²) in [5.41, 5.74) is 1.15. The number of carbonyl (C=O) groups is 2. The van der Waals surface area contributed by atoms with Crippen LogP contribution in [-0.2, 0) is 27.4 Å². The predicted molar refractivity (Wildman–Crippen MR) is 110 cm³/mol. The third kappa shape index (κ3) is 3.88. The fraction of sp³-hybridized carbons (Fsp3) is 0.158. The second kappa shape index (κ2) is 7.99. The van der Waals surface area contributed by atoms with Crippen LogP contribution in [-0.4, -0.2) is 33.0 Å². The van der Waals surface area contributed by atoms with Crippen molar-refractivity contribution >= 4 is 50.2 Å². The second-order valence-electron chi connectivity index (χ2n) is 6.38. The van der Waals surface area contributed by atoms with Crippen molar-refractivity contribution in [2.24, 2.45) is 4.99 Å². The summed E-state index contributed by atoms with van der Waals surface area (Å²) < 4.78 is 12.9. The Morgan fingerprint density at radius 2 is 1.94 bits per heavy atom. The van der Waals surface area contributed by atoms with Crippen LogP contribution in [0.3, 0.4) is 0 Å². The van der Waals surface area contributed by atoms with E-state index < -0.39 is 22.6 Å². The monoisotopic (exact) mass is 442 g/mol. The molecule has 2 aromatic carbocycles. The molecular weight excluding hydrogens is 428 g/mol. The molecule has 4 aromatic rings. The lowest BCUT2D eigenvalue weighted by molar-refractivity contribution is -0.384. The topological polar surface area (TPSA) is 139 Å². The van der Waals surface area contributed by atoms with E-state index in [4.69, 9.17) is 9.15 Å². The SMILES string of the molecule is COC(=O)Cn1c(=NC(=O)Cn2c(=O)oc3ccccc32)sc2cc([N+](=O)[O-])ccc21. The molecule has 0 atom stereocenters. The average molecular weight is 442 g/mol. The van der Waals surface area contributed by atoms with Crippen LogP contribution >= 0.6 is 11.3 Å². The minimum absolute atomic E-state index is 0.131. The van der Waals surface area contributed by atoms with Crippen LogP contribution in [0.5, 0.6) is 0 Å². The normalized spacial score (nSPS) is 11.8. The number of aromatic nitrogens is 2. The molecule has 2 aromatic heterocycles. The molecule has 0 aliphatic rings. The molecule has 0 saturated heterocycles. The van der Waals surface area contributed by atoms with E-state index in [1.807, 2.05) is 0 Å². The summed E-state index contributed by atoms with van der Waals surface area (Å²) in [7, 11) is 1.22. The average Bonchev–Trinajstić information content (AvgIpc) is 3.24. The van der Waals surface area contributed by atoms with Gasteiger partial charge in [-0.05, 0) is 18.2 Å². The number of ether oxygens (including phenoxy) is 1. The molecule has 1 amide bonds. The number of oxazole rings is 1. The van der Waals surface area contributed by atoms with Crippen molar-refractivity contribution in [1.82, 2.24) is 9.13 Å². The molecule has 12 heteroatoms. The van der Waals surface area contributed by atoms with Crippen molar-refractivity contribution in [2.45, 2.75) is 13.1 Å². The van der Waals surface area contributed by atoms with E-state index in [1.165, 1.54) is 29.9 Å². The predicted octanol–water partition coefficient (Wildman–Crippen LogP) is 1.82. The number of fused-ring (bicyclic) bond motifs is 2. The highest BCUT2D eigenvalue weighted by Gasteiger charge is 2.16. The molecule has 11 nitrogen and oxygen atoms in total. The van der Waals surface area contributed by atoms with Crippen LogP contribution in [0.2, 0.25) is 0 Å². The number of thiazole rings is 1. The number of para-hydroxylation sites is 2. The molecule has 2 heterocycles.